The van der Waals surface area contributed by atoms with E-state index in [0.29, 0.717) is 12.0 Å². The van der Waals surface area contributed by atoms with Gasteiger partial charge in [0.1, 0.15) is 0 Å². The summed E-state index contributed by atoms with van der Waals surface area (Å²) in [5.74, 6) is 0.647. The molecule has 0 spiro atoms. The van der Waals surface area contributed by atoms with Gasteiger partial charge in [-0.1, -0.05) is 19.9 Å². The van der Waals surface area contributed by atoms with E-state index in [-0.39, 0.29) is 0 Å². The third-order valence-corrected chi connectivity index (χ3v) is 2.75. The summed E-state index contributed by atoms with van der Waals surface area (Å²) in [7, 11) is 0. The van der Waals surface area contributed by atoms with E-state index >= 15 is 0 Å². The second kappa shape index (κ2) is 4.19. The Morgan fingerprint density at radius 1 is 1.60 bits per heavy atom. The van der Waals surface area contributed by atoms with E-state index in [1.165, 1.54) is 11.3 Å². The first kappa shape index (κ1) is 10.4. The molecule has 0 aliphatic heterocycles. The van der Waals surface area contributed by atoms with Gasteiger partial charge in [0.2, 0.25) is 0 Å². The van der Waals surface area contributed by atoms with Crippen LogP contribution in [-0.4, -0.2) is 15.6 Å². The number of hydrogen-bond donors (Lipinski definition) is 1. The highest BCUT2D eigenvalue weighted by Crippen LogP contribution is 2.27. The maximum Gasteiger partial charge on any atom is 0.0950 e. The van der Waals surface area contributed by atoms with Crippen LogP contribution < -0.4 is 5.73 Å². The molecular formula is C12H19N3. The van der Waals surface area contributed by atoms with Gasteiger partial charge in [-0.2, -0.15) is 0 Å². The lowest BCUT2D eigenvalue weighted by Crippen LogP contribution is -2.15. The Kier molecular flexibility index (Phi) is 2.91. The van der Waals surface area contributed by atoms with Crippen molar-refractivity contribution in [3.8, 4) is 0 Å². The van der Waals surface area contributed by atoms with Gasteiger partial charge in [-0.3, -0.25) is 0 Å². The number of aromatic nitrogens is 2. The van der Waals surface area contributed by atoms with Crippen molar-refractivity contribution in [2.45, 2.75) is 39.3 Å². The van der Waals surface area contributed by atoms with E-state index < -0.39 is 0 Å². The molecule has 1 aromatic rings. The lowest BCUT2D eigenvalue weighted by atomic mass is 10.1. The lowest BCUT2D eigenvalue weighted by Gasteiger charge is -2.11. The SMILES string of the molecule is CC(C)Cn1cncc1C1=CCC(N)C1. The summed E-state index contributed by atoms with van der Waals surface area (Å²) < 4.78 is 2.23. The van der Waals surface area contributed by atoms with Gasteiger partial charge < -0.3 is 10.3 Å². The second-order valence-corrected chi connectivity index (χ2v) is 4.75. The third kappa shape index (κ3) is 2.29. The largest absolute Gasteiger partial charge is 0.331 e. The summed E-state index contributed by atoms with van der Waals surface area (Å²) >= 11 is 0. The molecular weight excluding hydrogens is 186 g/mol. The molecule has 1 heterocycles. The molecule has 0 saturated carbocycles. The van der Waals surface area contributed by atoms with Crippen molar-refractivity contribution >= 4 is 5.57 Å². The standard InChI is InChI=1S/C12H19N3/c1-9(2)7-15-8-14-6-12(15)10-3-4-11(13)5-10/h3,6,8-9,11H,4-5,7,13H2,1-2H3. The summed E-state index contributed by atoms with van der Waals surface area (Å²) in [6.07, 6.45) is 8.11. The molecule has 1 unspecified atom stereocenters. The van der Waals surface area contributed by atoms with Crippen LogP contribution in [0.25, 0.3) is 5.57 Å². The van der Waals surface area contributed by atoms with Crippen molar-refractivity contribution < 1.29 is 0 Å². The van der Waals surface area contributed by atoms with Crippen LogP contribution in [0.5, 0.6) is 0 Å². The maximum atomic E-state index is 5.90. The smallest absolute Gasteiger partial charge is 0.0950 e. The van der Waals surface area contributed by atoms with Gasteiger partial charge >= 0.3 is 0 Å². The Morgan fingerprint density at radius 3 is 3.00 bits per heavy atom. The van der Waals surface area contributed by atoms with E-state index in [0.717, 1.165) is 19.4 Å². The van der Waals surface area contributed by atoms with Gasteiger partial charge in [0.05, 0.1) is 18.2 Å². The van der Waals surface area contributed by atoms with Crippen molar-refractivity contribution in [2.75, 3.05) is 0 Å². The van der Waals surface area contributed by atoms with E-state index in [4.69, 9.17) is 5.73 Å². The van der Waals surface area contributed by atoms with Crippen LogP contribution in [0.1, 0.15) is 32.4 Å². The van der Waals surface area contributed by atoms with Gasteiger partial charge in [0, 0.05) is 12.6 Å². The van der Waals surface area contributed by atoms with Crippen LogP contribution >= 0.6 is 0 Å². The average molecular weight is 205 g/mol. The molecule has 2 rings (SSSR count). The molecule has 3 heteroatoms. The molecule has 1 atom stereocenters. The van der Waals surface area contributed by atoms with Crippen LogP contribution in [-0.2, 0) is 6.54 Å². The zero-order valence-electron chi connectivity index (χ0n) is 9.48. The predicted octanol–water partition coefficient (Wildman–Crippen LogP) is 2.04. The highest BCUT2D eigenvalue weighted by Gasteiger charge is 2.17. The Hall–Kier alpha value is -1.09. The van der Waals surface area contributed by atoms with Gasteiger partial charge in [0.25, 0.3) is 0 Å². The molecule has 15 heavy (non-hydrogen) atoms. The highest BCUT2D eigenvalue weighted by atomic mass is 15.0. The van der Waals surface area contributed by atoms with Crippen LogP contribution in [0.15, 0.2) is 18.6 Å². The number of rotatable bonds is 3. The summed E-state index contributed by atoms with van der Waals surface area (Å²) in [5.41, 5.74) is 8.51. The molecule has 2 N–H and O–H groups in total. The van der Waals surface area contributed by atoms with E-state index in [1.807, 2.05) is 12.5 Å². The quantitative estimate of drug-likeness (QED) is 0.820. The van der Waals surface area contributed by atoms with E-state index in [1.54, 1.807) is 0 Å². The fourth-order valence-electron chi connectivity index (χ4n) is 2.08. The minimum atomic E-state index is 0.308. The molecule has 1 aromatic heterocycles. The van der Waals surface area contributed by atoms with Crippen molar-refractivity contribution in [3.05, 3.63) is 24.3 Å². The van der Waals surface area contributed by atoms with Gasteiger partial charge in [-0.15, -0.1) is 0 Å². The molecule has 0 fully saturated rings. The van der Waals surface area contributed by atoms with Gasteiger partial charge in [-0.05, 0) is 24.3 Å². The average Bonchev–Trinajstić information content (AvgIpc) is 2.72. The van der Waals surface area contributed by atoms with Crippen LogP contribution in [0.4, 0.5) is 0 Å². The van der Waals surface area contributed by atoms with Crippen molar-refractivity contribution in [1.29, 1.82) is 0 Å². The zero-order chi connectivity index (χ0) is 10.8. The topological polar surface area (TPSA) is 43.8 Å². The monoisotopic (exact) mass is 205 g/mol. The lowest BCUT2D eigenvalue weighted by molar-refractivity contribution is 0.519. The molecule has 0 saturated heterocycles. The molecule has 0 radical (unpaired) electrons. The normalized spacial score (nSPS) is 21.1. The van der Waals surface area contributed by atoms with Crippen LogP contribution in [0.2, 0.25) is 0 Å². The molecule has 1 aliphatic carbocycles. The Balaban J connectivity index is 2.18. The summed E-state index contributed by atoms with van der Waals surface area (Å²) in [5, 5.41) is 0. The fourth-order valence-corrected chi connectivity index (χ4v) is 2.08. The van der Waals surface area contributed by atoms with E-state index in [2.05, 4.69) is 29.5 Å². The molecule has 0 aromatic carbocycles. The summed E-state index contributed by atoms with van der Waals surface area (Å²) in [4.78, 5) is 4.23. The zero-order valence-corrected chi connectivity index (χ0v) is 9.48. The molecule has 82 valence electrons. The van der Waals surface area contributed by atoms with Crippen molar-refractivity contribution in [3.63, 3.8) is 0 Å². The Bertz CT molecular complexity index is 363. The molecule has 0 bridgehead atoms. The number of nitrogens with two attached hydrogens (primary N) is 1. The first-order valence-corrected chi connectivity index (χ1v) is 5.62. The summed E-state index contributed by atoms with van der Waals surface area (Å²) in [6, 6.07) is 0.308. The maximum absolute atomic E-state index is 5.90. The Labute approximate surface area is 91.0 Å². The molecule has 3 nitrogen and oxygen atoms in total. The number of nitrogens with zero attached hydrogens (tertiary/aromatic N) is 2. The minimum Gasteiger partial charge on any atom is -0.331 e. The predicted molar refractivity (Wildman–Crippen MR) is 62.3 cm³/mol. The number of imidazole rings is 1. The highest BCUT2D eigenvalue weighted by molar-refractivity contribution is 5.65. The molecule has 0 amide bonds. The van der Waals surface area contributed by atoms with Crippen molar-refractivity contribution in [2.24, 2.45) is 11.7 Å². The summed E-state index contributed by atoms with van der Waals surface area (Å²) in [6.45, 7) is 5.47. The minimum absolute atomic E-state index is 0.308. The van der Waals surface area contributed by atoms with Gasteiger partial charge in [0.15, 0.2) is 0 Å². The second-order valence-electron chi connectivity index (χ2n) is 4.75. The first-order chi connectivity index (χ1) is 7.16. The third-order valence-electron chi connectivity index (χ3n) is 2.75. The fraction of sp³-hybridized carbons (Fsp3) is 0.583. The first-order valence-electron chi connectivity index (χ1n) is 5.62. The number of hydrogen-bond acceptors (Lipinski definition) is 2. The van der Waals surface area contributed by atoms with Gasteiger partial charge in [-0.25, -0.2) is 4.98 Å². The van der Waals surface area contributed by atoms with Crippen molar-refractivity contribution in [1.82, 2.24) is 9.55 Å². The van der Waals surface area contributed by atoms with Crippen LogP contribution in [0, 0.1) is 5.92 Å². The molecule has 1 aliphatic rings. The van der Waals surface area contributed by atoms with E-state index in [9.17, 15) is 0 Å². The Morgan fingerprint density at radius 2 is 2.40 bits per heavy atom. The van der Waals surface area contributed by atoms with Crippen LogP contribution in [0.3, 0.4) is 0 Å².